The average molecular weight is 869 g/mol. The lowest BCUT2D eigenvalue weighted by Crippen LogP contribution is -2.70. The Bertz CT molecular complexity index is 2110. The number of fused-ring (bicyclic) bond motifs is 5. The maximum atomic E-state index is 13.8. The average Bonchev–Trinajstić information content (AvgIpc) is 4.08. The number of rotatable bonds is 12. The molecule has 0 aromatic heterocycles. The van der Waals surface area contributed by atoms with Gasteiger partial charge < -0.3 is 38.6 Å². The van der Waals surface area contributed by atoms with Gasteiger partial charge in [-0.3, -0.25) is 9.59 Å². The first-order chi connectivity index (χ1) is 30.1. The Hall–Kier alpha value is -3.09. The molecule has 9 fully saturated rings. The number of carbonyl (C=O) groups is 3. The Kier molecular flexibility index (Phi) is 9.93. The lowest BCUT2D eigenvalue weighted by molar-refractivity contribution is -0.169. The molecule has 2 N–H and O–H groups in total. The van der Waals surface area contributed by atoms with Crippen LogP contribution >= 0.6 is 0 Å². The second-order valence-electron chi connectivity index (χ2n) is 22.4. The highest BCUT2D eigenvalue weighted by Gasteiger charge is 3.01. The molecule has 2 spiro atoms. The molecule has 0 bridgehead atoms. The van der Waals surface area contributed by atoms with Crippen molar-refractivity contribution in [3.05, 3.63) is 58.7 Å². The first-order valence-electron chi connectivity index (χ1n) is 24.5. The van der Waals surface area contributed by atoms with Crippen molar-refractivity contribution in [2.45, 2.75) is 190 Å². The predicted octanol–water partition coefficient (Wildman–Crippen LogP) is 7.48. The molecule has 3 unspecified atom stereocenters. The summed E-state index contributed by atoms with van der Waals surface area (Å²) in [5.74, 6) is 1.01. The molecule has 7 aliphatic carbocycles. The van der Waals surface area contributed by atoms with Crippen LogP contribution in [0.1, 0.15) is 131 Å². The van der Waals surface area contributed by atoms with Gasteiger partial charge in [-0.05, 0) is 141 Å². The van der Waals surface area contributed by atoms with Gasteiger partial charge in [0.1, 0.15) is 36.1 Å². The molecule has 16 atom stereocenters. The zero-order valence-corrected chi connectivity index (χ0v) is 37.9. The summed E-state index contributed by atoms with van der Waals surface area (Å²) in [5.41, 5.74) is 2.79. The summed E-state index contributed by atoms with van der Waals surface area (Å²) in [6, 6.07) is 0. The number of epoxide rings is 3. The van der Waals surface area contributed by atoms with E-state index in [1.807, 2.05) is 0 Å². The second-order valence-corrected chi connectivity index (χ2v) is 22.4. The monoisotopic (exact) mass is 868 g/mol. The van der Waals surface area contributed by atoms with Crippen molar-refractivity contribution < 1.29 is 53.0 Å². The van der Waals surface area contributed by atoms with Crippen molar-refractivity contribution in [1.29, 1.82) is 0 Å². The molecule has 4 heterocycles. The van der Waals surface area contributed by atoms with E-state index in [1.165, 1.54) is 12.0 Å². The standard InChI is InChI=1S/C52H68O11/c1-27(2)50-44(62-50)45-52(63-45)49(6)22-20-34-35(26-58-46(34)57)38(49)25-41-51(52,61-41)47(50)60-43(56)11-7-10-42(55)59-40(31-14-15-31)19-12-28(3)36-17-18-37-30(9-8-21-48(36,37)5)13-16-32-23-33(53)24-39(54)29(32)4/h12-13,16,19,27-28,31,33,36-41,44-45,47,53-54H,4,7-11,14-15,17-18,20-26H2,1-3,5-6H3/b19-12+,30-13+,32-16-/t28-,33+,36?,37?,38-,39-,40?,41-,44-,45-,47+,48+,49-,50-,51+,52+/m0/s1. The molecule has 0 aromatic rings. The topological polar surface area (TPSA) is 157 Å². The minimum atomic E-state index is -0.803. The maximum Gasteiger partial charge on any atom is 0.334 e. The number of cyclic esters (lactones) is 1. The van der Waals surface area contributed by atoms with Gasteiger partial charge in [-0.2, -0.15) is 0 Å². The van der Waals surface area contributed by atoms with Crippen molar-refractivity contribution in [3.63, 3.8) is 0 Å². The van der Waals surface area contributed by atoms with Gasteiger partial charge in [-0.25, -0.2) is 4.79 Å². The molecule has 11 aliphatic rings. The first kappa shape index (κ1) is 42.5. The van der Waals surface area contributed by atoms with E-state index < -0.39 is 35.1 Å². The Morgan fingerprint density at radius 2 is 1.71 bits per heavy atom. The van der Waals surface area contributed by atoms with Crippen LogP contribution in [0.5, 0.6) is 0 Å². The van der Waals surface area contributed by atoms with Crippen molar-refractivity contribution in [2.75, 3.05) is 6.61 Å². The van der Waals surface area contributed by atoms with Crippen LogP contribution in [0.3, 0.4) is 0 Å². The fourth-order valence-corrected chi connectivity index (χ4v) is 15.4. The van der Waals surface area contributed by atoms with Gasteiger partial charge in [-0.15, -0.1) is 0 Å². The SMILES string of the molecule is C=C1/C(=C\C=C2/CCC[C@@]3(C)C2CCC3[C@@H](C)/C=C/C(OC(=O)CCCC(=O)O[C@@H]2[C@@]3(C(C)C)O[C@H]3[C@@H]3O[C@]34[C@]23O[C@H]3C[C@H]2C3=C(CC[C@@]24C)C(=O)OC3)C2CC2)C[C@@H](O)C[C@@H]1O. The summed E-state index contributed by atoms with van der Waals surface area (Å²) < 4.78 is 38.4. The van der Waals surface area contributed by atoms with Gasteiger partial charge >= 0.3 is 17.9 Å². The summed E-state index contributed by atoms with van der Waals surface area (Å²) in [7, 11) is 0. The van der Waals surface area contributed by atoms with Crippen LogP contribution in [-0.4, -0.2) is 94.3 Å². The summed E-state index contributed by atoms with van der Waals surface area (Å²) in [6.45, 7) is 15.7. The molecule has 3 saturated heterocycles. The molecule has 11 heteroatoms. The van der Waals surface area contributed by atoms with Gasteiger partial charge in [0.25, 0.3) is 0 Å². The van der Waals surface area contributed by atoms with E-state index in [-0.39, 0.29) is 77.8 Å². The van der Waals surface area contributed by atoms with Crippen molar-refractivity contribution >= 4 is 17.9 Å². The summed E-state index contributed by atoms with van der Waals surface area (Å²) in [5, 5.41) is 20.6. The second kappa shape index (κ2) is 14.7. The zero-order chi connectivity index (χ0) is 44.0. The van der Waals surface area contributed by atoms with Gasteiger partial charge in [0.2, 0.25) is 0 Å². The van der Waals surface area contributed by atoms with Crippen LogP contribution in [0, 0.1) is 46.3 Å². The number of aliphatic hydroxyl groups excluding tert-OH is 2. The van der Waals surface area contributed by atoms with E-state index in [9.17, 15) is 24.6 Å². The van der Waals surface area contributed by atoms with E-state index in [0.717, 1.165) is 73.7 Å². The molecule has 11 nitrogen and oxygen atoms in total. The molecule has 0 amide bonds. The van der Waals surface area contributed by atoms with E-state index in [4.69, 9.17) is 28.4 Å². The number of allylic oxidation sites excluding steroid dienone is 4. The fourth-order valence-electron chi connectivity index (χ4n) is 15.4. The third kappa shape index (κ3) is 6.17. The minimum absolute atomic E-state index is 0.0667. The highest BCUT2D eigenvalue weighted by molar-refractivity contribution is 5.92. The van der Waals surface area contributed by atoms with E-state index >= 15 is 0 Å². The lowest BCUT2D eigenvalue weighted by Gasteiger charge is -2.53. The zero-order valence-electron chi connectivity index (χ0n) is 37.9. The van der Waals surface area contributed by atoms with Crippen LogP contribution in [0.4, 0.5) is 0 Å². The number of aliphatic hydroxyl groups is 2. The summed E-state index contributed by atoms with van der Waals surface area (Å²) >= 11 is 0. The van der Waals surface area contributed by atoms with Crippen LogP contribution in [0.15, 0.2) is 58.7 Å². The molecule has 11 rings (SSSR count). The molecule has 4 aliphatic heterocycles. The van der Waals surface area contributed by atoms with Gasteiger partial charge in [0.05, 0.1) is 18.3 Å². The Morgan fingerprint density at radius 3 is 2.49 bits per heavy atom. The van der Waals surface area contributed by atoms with Crippen LogP contribution in [0.2, 0.25) is 0 Å². The number of hydrogen-bond donors (Lipinski definition) is 2. The van der Waals surface area contributed by atoms with Crippen LogP contribution in [0.25, 0.3) is 0 Å². The largest absolute Gasteiger partial charge is 0.458 e. The molecule has 63 heavy (non-hydrogen) atoms. The molecule has 342 valence electrons. The number of carbonyl (C=O) groups excluding carboxylic acids is 3. The smallest absolute Gasteiger partial charge is 0.334 e. The highest BCUT2D eigenvalue weighted by atomic mass is 16.8. The van der Waals surface area contributed by atoms with E-state index in [1.54, 1.807) is 0 Å². The normalized spacial score (nSPS) is 47.5. The van der Waals surface area contributed by atoms with E-state index in [2.05, 4.69) is 65.5 Å². The Labute approximate surface area is 372 Å². The van der Waals surface area contributed by atoms with Gasteiger partial charge in [0.15, 0.2) is 11.7 Å². The predicted molar refractivity (Wildman–Crippen MR) is 230 cm³/mol. The third-order valence-corrected chi connectivity index (χ3v) is 19.0. The molecule has 0 aromatic carbocycles. The molecule has 6 saturated carbocycles. The number of esters is 3. The fraction of sp³-hybridized carbons (Fsp3) is 0.750. The number of ether oxygens (including phenoxy) is 6. The van der Waals surface area contributed by atoms with Gasteiger partial charge in [0, 0.05) is 30.3 Å². The summed E-state index contributed by atoms with van der Waals surface area (Å²) in [6.07, 6.45) is 17.6. The van der Waals surface area contributed by atoms with Crippen molar-refractivity contribution in [1.82, 2.24) is 0 Å². The third-order valence-electron chi connectivity index (χ3n) is 19.0. The lowest BCUT2D eigenvalue weighted by atomic mass is 9.46. The minimum Gasteiger partial charge on any atom is -0.458 e. The van der Waals surface area contributed by atoms with Crippen molar-refractivity contribution in [2.24, 2.45) is 46.3 Å². The van der Waals surface area contributed by atoms with Crippen LogP contribution < -0.4 is 0 Å². The number of hydrogen-bond acceptors (Lipinski definition) is 11. The quantitative estimate of drug-likeness (QED) is 0.0868. The van der Waals surface area contributed by atoms with E-state index in [0.29, 0.717) is 56.0 Å². The molecule has 0 radical (unpaired) electrons. The summed E-state index contributed by atoms with van der Waals surface area (Å²) in [4.78, 5) is 39.8. The maximum absolute atomic E-state index is 13.8. The Morgan fingerprint density at radius 1 is 0.921 bits per heavy atom. The van der Waals surface area contributed by atoms with Gasteiger partial charge in [-0.1, -0.05) is 65.0 Å². The Balaban J connectivity index is 0.710. The van der Waals surface area contributed by atoms with Crippen LogP contribution in [-0.2, 0) is 42.8 Å². The molecular weight excluding hydrogens is 801 g/mol. The molecular formula is C52H68O11. The van der Waals surface area contributed by atoms with Crippen molar-refractivity contribution in [3.8, 4) is 0 Å². The first-order valence-corrected chi connectivity index (χ1v) is 24.5. The highest BCUT2D eigenvalue weighted by Crippen LogP contribution is 2.83.